The SMILES string of the molecule is Oc1cc2ccccc2cc1-c1cc(-c2cn[nH]c2)n[nH]1. The number of phenolic OH excluding ortho intramolecular Hbond substituents is 1. The van der Waals surface area contributed by atoms with Crippen molar-refractivity contribution in [3.05, 3.63) is 54.9 Å². The molecule has 0 aliphatic heterocycles. The van der Waals surface area contributed by atoms with Crippen molar-refractivity contribution >= 4 is 10.8 Å². The molecule has 5 heteroatoms. The maximum absolute atomic E-state index is 10.2. The summed E-state index contributed by atoms with van der Waals surface area (Å²) in [5.74, 6) is 0.232. The number of nitrogens with one attached hydrogen (secondary N) is 2. The normalized spacial score (nSPS) is 11.0. The third kappa shape index (κ3) is 1.95. The molecule has 0 spiro atoms. The fourth-order valence-corrected chi connectivity index (χ4v) is 2.44. The number of aromatic hydroxyl groups is 1. The monoisotopic (exact) mass is 276 g/mol. The van der Waals surface area contributed by atoms with Gasteiger partial charge >= 0.3 is 0 Å². The molecule has 2 heterocycles. The molecular formula is C16H12N4O. The smallest absolute Gasteiger partial charge is 0.125 e. The van der Waals surface area contributed by atoms with Crippen LogP contribution in [0.15, 0.2) is 54.9 Å². The van der Waals surface area contributed by atoms with Gasteiger partial charge in [-0.1, -0.05) is 24.3 Å². The van der Waals surface area contributed by atoms with E-state index in [0.29, 0.717) is 0 Å². The van der Waals surface area contributed by atoms with Crippen LogP contribution < -0.4 is 0 Å². The first-order valence-electron chi connectivity index (χ1n) is 6.58. The van der Waals surface area contributed by atoms with Crippen LogP contribution in [-0.2, 0) is 0 Å². The predicted molar refractivity (Wildman–Crippen MR) is 80.8 cm³/mol. The summed E-state index contributed by atoms with van der Waals surface area (Å²) in [5.41, 5.74) is 3.19. The predicted octanol–water partition coefficient (Wildman–Crippen LogP) is 3.33. The van der Waals surface area contributed by atoms with Crippen molar-refractivity contribution in [1.29, 1.82) is 0 Å². The highest BCUT2D eigenvalue weighted by Gasteiger charge is 2.11. The molecule has 4 aromatic rings. The lowest BCUT2D eigenvalue weighted by Gasteiger charge is -2.04. The molecule has 102 valence electrons. The van der Waals surface area contributed by atoms with Crippen molar-refractivity contribution in [3.63, 3.8) is 0 Å². The van der Waals surface area contributed by atoms with Crippen LogP contribution >= 0.6 is 0 Å². The summed E-state index contributed by atoms with van der Waals surface area (Å²) < 4.78 is 0. The van der Waals surface area contributed by atoms with E-state index in [-0.39, 0.29) is 5.75 Å². The fraction of sp³-hybridized carbons (Fsp3) is 0. The van der Waals surface area contributed by atoms with Crippen LogP contribution in [0, 0.1) is 0 Å². The molecule has 4 rings (SSSR count). The maximum atomic E-state index is 10.2. The summed E-state index contributed by atoms with van der Waals surface area (Å²) in [6.07, 6.45) is 3.49. The van der Waals surface area contributed by atoms with Gasteiger partial charge in [0.1, 0.15) is 5.75 Å². The molecule has 2 aromatic carbocycles. The average Bonchev–Trinajstić information content (AvgIpc) is 3.17. The first-order valence-corrected chi connectivity index (χ1v) is 6.58. The summed E-state index contributed by atoms with van der Waals surface area (Å²) >= 11 is 0. The minimum absolute atomic E-state index is 0.232. The molecule has 0 saturated carbocycles. The molecule has 2 aromatic heterocycles. The van der Waals surface area contributed by atoms with Crippen LogP contribution in [0.4, 0.5) is 0 Å². The van der Waals surface area contributed by atoms with Gasteiger partial charge in [-0.2, -0.15) is 10.2 Å². The Morgan fingerprint density at radius 2 is 1.81 bits per heavy atom. The quantitative estimate of drug-likeness (QED) is 0.525. The summed E-state index contributed by atoms with van der Waals surface area (Å²) in [6, 6.07) is 13.5. The summed E-state index contributed by atoms with van der Waals surface area (Å²) in [4.78, 5) is 0. The van der Waals surface area contributed by atoms with Crippen LogP contribution in [0.2, 0.25) is 0 Å². The van der Waals surface area contributed by atoms with Gasteiger partial charge in [-0.3, -0.25) is 10.2 Å². The molecule has 0 amide bonds. The van der Waals surface area contributed by atoms with E-state index in [1.165, 1.54) is 0 Å². The van der Waals surface area contributed by atoms with E-state index in [1.807, 2.05) is 36.4 Å². The Morgan fingerprint density at radius 1 is 1.00 bits per heavy atom. The Kier molecular flexibility index (Phi) is 2.50. The number of aromatic amines is 2. The number of rotatable bonds is 2. The summed E-state index contributed by atoms with van der Waals surface area (Å²) in [6.45, 7) is 0. The van der Waals surface area contributed by atoms with E-state index < -0.39 is 0 Å². The van der Waals surface area contributed by atoms with Crippen LogP contribution in [-0.4, -0.2) is 25.5 Å². The molecule has 0 aliphatic carbocycles. The maximum Gasteiger partial charge on any atom is 0.125 e. The van der Waals surface area contributed by atoms with Crippen molar-refractivity contribution in [2.45, 2.75) is 0 Å². The molecule has 0 fully saturated rings. The van der Waals surface area contributed by atoms with Gasteiger partial charge in [0.05, 0.1) is 17.6 Å². The highest BCUT2D eigenvalue weighted by atomic mass is 16.3. The topological polar surface area (TPSA) is 77.6 Å². The first-order chi connectivity index (χ1) is 10.3. The van der Waals surface area contributed by atoms with Gasteiger partial charge in [-0.25, -0.2) is 0 Å². The number of phenols is 1. The molecule has 0 atom stereocenters. The lowest BCUT2D eigenvalue weighted by molar-refractivity contribution is 0.478. The lowest BCUT2D eigenvalue weighted by atomic mass is 10.0. The highest BCUT2D eigenvalue weighted by Crippen LogP contribution is 2.33. The standard InChI is InChI=1S/C16H12N4O/c21-16-6-11-4-2-1-3-10(11)5-13(16)15-7-14(19-20-15)12-8-17-18-9-12/h1-9,21H,(H,17,18)(H,19,20). The zero-order valence-corrected chi connectivity index (χ0v) is 11.0. The second-order valence-electron chi connectivity index (χ2n) is 4.87. The van der Waals surface area contributed by atoms with E-state index in [2.05, 4.69) is 20.4 Å². The van der Waals surface area contributed by atoms with Gasteiger partial charge in [0.15, 0.2) is 0 Å². The molecule has 0 bridgehead atoms. The van der Waals surface area contributed by atoms with Crippen molar-refractivity contribution in [1.82, 2.24) is 20.4 Å². The Hall–Kier alpha value is -3.08. The number of hydrogen-bond acceptors (Lipinski definition) is 3. The van der Waals surface area contributed by atoms with E-state index in [1.54, 1.807) is 18.5 Å². The van der Waals surface area contributed by atoms with Crippen LogP contribution in [0.1, 0.15) is 0 Å². The van der Waals surface area contributed by atoms with Crippen molar-refractivity contribution in [2.24, 2.45) is 0 Å². The Morgan fingerprint density at radius 3 is 2.57 bits per heavy atom. The van der Waals surface area contributed by atoms with Gasteiger partial charge in [-0.05, 0) is 29.0 Å². The molecule has 0 saturated heterocycles. The average molecular weight is 276 g/mol. The van der Waals surface area contributed by atoms with E-state index in [0.717, 1.165) is 33.3 Å². The Bertz CT molecular complexity index is 909. The van der Waals surface area contributed by atoms with Crippen molar-refractivity contribution in [2.75, 3.05) is 0 Å². The molecule has 0 radical (unpaired) electrons. The summed E-state index contributed by atoms with van der Waals surface area (Å²) in [5, 5.41) is 26.2. The zero-order chi connectivity index (χ0) is 14.2. The Balaban J connectivity index is 1.85. The number of nitrogens with zero attached hydrogens (tertiary/aromatic N) is 2. The first kappa shape index (κ1) is 11.7. The number of benzene rings is 2. The van der Waals surface area contributed by atoms with E-state index in [4.69, 9.17) is 0 Å². The number of hydrogen-bond donors (Lipinski definition) is 3. The van der Waals surface area contributed by atoms with Gasteiger partial charge in [0, 0.05) is 17.3 Å². The second kappa shape index (κ2) is 4.49. The highest BCUT2D eigenvalue weighted by molar-refractivity contribution is 5.90. The molecule has 5 nitrogen and oxygen atoms in total. The third-order valence-corrected chi connectivity index (χ3v) is 3.53. The molecule has 21 heavy (non-hydrogen) atoms. The summed E-state index contributed by atoms with van der Waals surface area (Å²) in [7, 11) is 0. The van der Waals surface area contributed by atoms with Crippen LogP contribution in [0.3, 0.4) is 0 Å². The lowest BCUT2D eigenvalue weighted by Crippen LogP contribution is -1.81. The molecule has 0 aliphatic rings. The molecule has 0 unspecified atom stereocenters. The number of aromatic nitrogens is 4. The zero-order valence-electron chi connectivity index (χ0n) is 11.0. The van der Waals surface area contributed by atoms with Gasteiger partial charge in [0.2, 0.25) is 0 Å². The third-order valence-electron chi connectivity index (χ3n) is 3.53. The van der Waals surface area contributed by atoms with E-state index >= 15 is 0 Å². The molecular weight excluding hydrogens is 264 g/mol. The number of H-pyrrole nitrogens is 2. The van der Waals surface area contributed by atoms with Gasteiger partial charge in [-0.15, -0.1) is 0 Å². The van der Waals surface area contributed by atoms with Crippen LogP contribution in [0.5, 0.6) is 5.75 Å². The number of fused-ring (bicyclic) bond motifs is 1. The van der Waals surface area contributed by atoms with Crippen molar-refractivity contribution in [3.8, 4) is 28.3 Å². The Labute approximate surface area is 120 Å². The second-order valence-corrected chi connectivity index (χ2v) is 4.87. The largest absolute Gasteiger partial charge is 0.507 e. The fourth-order valence-electron chi connectivity index (χ4n) is 2.44. The minimum atomic E-state index is 0.232. The van der Waals surface area contributed by atoms with Crippen LogP contribution in [0.25, 0.3) is 33.3 Å². The van der Waals surface area contributed by atoms with Gasteiger partial charge in [0.25, 0.3) is 0 Å². The van der Waals surface area contributed by atoms with Gasteiger partial charge < -0.3 is 5.11 Å². The minimum Gasteiger partial charge on any atom is -0.507 e. The van der Waals surface area contributed by atoms with E-state index in [9.17, 15) is 5.11 Å². The molecule has 3 N–H and O–H groups in total. The van der Waals surface area contributed by atoms with Crippen molar-refractivity contribution < 1.29 is 5.11 Å².